The van der Waals surface area contributed by atoms with Gasteiger partial charge in [-0.15, -0.1) is 0 Å². The Hall–Kier alpha value is -1.40. The molecule has 1 fully saturated rings. The van der Waals surface area contributed by atoms with Crippen molar-refractivity contribution < 1.29 is 13.2 Å². The Bertz CT molecular complexity index is 737. The minimum Gasteiger partial charge on any atom is -0.349 e. The van der Waals surface area contributed by atoms with E-state index in [1.807, 2.05) is 6.92 Å². The van der Waals surface area contributed by atoms with Crippen LogP contribution in [-0.2, 0) is 27.7 Å². The molecule has 138 valence electrons. The number of aryl methyl sites for hydroxylation is 2. The zero-order valence-corrected chi connectivity index (χ0v) is 15.9. The van der Waals surface area contributed by atoms with E-state index in [4.69, 9.17) is 0 Å². The van der Waals surface area contributed by atoms with Crippen LogP contribution in [-0.4, -0.2) is 37.5 Å². The molecule has 25 heavy (non-hydrogen) atoms. The van der Waals surface area contributed by atoms with E-state index in [2.05, 4.69) is 23.5 Å². The van der Waals surface area contributed by atoms with Crippen LogP contribution in [0.15, 0.2) is 18.2 Å². The molecule has 1 saturated heterocycles. The monoisotopic (exact) mass is 364 g/mol. The van der Waals surface area contributed by atoms with Crippen molar-refractivity contribution in [3.8, 4) is 0 Å². The molecule has 0 radical (unpaired) electrons. The number of carbonyl (C=O) groups is 1. The number of rotatable bonds is 5. The number of benzene rings is 1. The second-order valence-electron chi connectivity index (χ2n) is 7.19. The summed E-state index contributed by atoms with van der Waals surface area (Å²) in [4.78, 5) is 12.6. The molecule has 0 spiro atoms. The lowest BCUT2D eigenvalue weighted by molar-refractivity contribution is -0.126. The van der Waals surface area contributed by atoms with Crippen LogP contribution in [0.4, 0.5) is 0 Å². The standard InChI is InChI=1S/C19H28N2O3S/c1-3-25(23,24)21-11-9-16(10-12-21)19(22)20-14(2)17-8-7-15-5-4-6-18(15)13-17/h7-8,13-14,16H,3-6,9-12H2,1-2H3,(H,20,22)/t14-/m1/s1. The normalized spacial score (nSPS) is 20.2. The first-order valence-electron chi connectivity index (χ1n) is 9.30. The van der Waals surface area contributed by atoms with E-state index in [1.54, 1.807) is 6.92 Å². The van der Waals surface area contributed by atoms with E-state index in [9.17, 15) is 13.2 Å². The van der Waals surface area contributed by atoms with E-state index in [1.165, 1.54) is 21.9 Å². The van der Waals surface area contributed by atoms with Crippen LogP contribution in [0.3, 0.4) is 0 Å². The van der Waals surface area contributed by atoms with Gasteiger partial charge in [0.1, 0.15) is 0 Å². The zero-order chi connectivity index (χ0) is 18.0. The molecule has 0 aromatic heterocycles. The van der Waals surface area contributed by atoms with Gasteiger partial charge in [-0.1, -0.05) is 18.2 Å². The molecule has 3 rings (SSSR count). The van der Waals surface area contributed by atoms with Crippen molar-refractivity contribution in [3.63, 3.8) is 0 Å². The van der Waals surface area contributed by atoms with Gasteiger partial charge in [-0.2, -0.15) is 0 Å². The number of nitrogens with one attached hydrogen (secondary N) is 1. The van der Waals surface area contributed by atoms with Crippen molar-refractivity contribution >= 4 is 15.9 Å². The molecule has 1 aromatic carbocycles. The predicted octanol–water partition coefficient (Wildman–Crippen LogP) is 2.41. The van der Waals surface area contributed by atoms with Crippen LogP contribution in [0.25, 0.3) is 0 Å². The molecule has 1 aliphatic heterocycles. The van der Waals surface area contributed by atoms with Crippen molar-refractivity contribution in [1.29, 1.82) is 0 Å². The van der Waals surface area contributed by atoms with Crippen molar-refractivity contribution in [1.82, 2.24) is 9.62 Å². The number of nitrogens with zero attached hydrogens (tertiary/aromatic N) is 1. The molecule has 1 atom stereocenters. The number of sulfonamides is 1. The average Bonchev–Trinajstić information content (AvgIpc) is 3.09. The molecule has 1 aromatic rings. The van der Waals surface area contributed by atoms with Crippen LogP contribution < -0.4 is 5.32 Å². The third-order valence-electron chi connectivity index (χ3n) is 5.56. The Morgan fingerprint density at radius 3 is 2.60 bits per heavy atom. The van der Waals surface area contributed by atoms with Gasteiger partial charge in [0, 0.05) is 19.0 Å². The van der Waals surface area contributed by atoms with E-state index in [-0.39, 0.29) is 23.6 Å². The molecule has 0 saturated carbocycles. The second-order valence-corrected chi connectivity index (χ2v) is 9.44. The van der Waals surface area contributed by atoms with Gasteiger partial charge in [0.05, 0.1) is 11.8 Å². The number of fused-ring (bicyclic) bond motifs is 1. The number of carbonyl (C=O) groups excluding carboxylic acids is 1. The average molecular weight is 365 g/mol. The summed E-state index contributed by atoms with van der Waals surface area (Å²) < 4.78 is 25.3. The molecular formula is C19H28N2O3S. The summed E-state index contributed by atoms with van der Waals surface area (Å²) >= 11 is 0. The fourth-order valence-corrected chi connectivity index (χ4v) is 4.99. The highest BCUT2D eigenvalue weighted by Crippen LogP contribution is 2.26. The molecule has 1 amide bonds. The third-order valence-corrected chi connectivity index (χ3v) is 7.45. The van der Waals surface area contributed by atoms with Gasteiger partial charge < -0.3 is 5.32 Å². The van der Waals surface area contributed by atoms with E-state index < -0.39 is 10.0 Å². The van der Waals surface area contributed by atoms with E-state index in [0.717, 1.165) is 18.4 Å². The summed E-state index contributed by atoms with van der Waals surface area (Å²) in [5, 5.41) is 3.12. The van der Waals surface area contributed by atoms with Crippen molar-refractivity contribution in [2.45, 2.75) is 52.0 Å². The topological polar surface area (TPSA) is 66.5 Å². The van der Waals surface area contributed by atoms with Crippen molar-refractivity contribution in [3.05, 3.63) is 34.9 Å². The lowest BCUT2D eigenvalue weighted by Gasteiger charge is -2.31. The maximum Gasteiger partial charge on any atom is 0.223 e. The fourth-order valence-electron chi connectivity index (χ4n) is 3.85. The van der Waals surface area contributed by atoms with Gasteiger partial charge >= 0.3 is 0 Å². The maximum atomic E-state index is 12.6. The van der Waals surface area contributed by atoms with Crippen LogP contribution in [0.5, 0.6) is 0 Å². The first-order valence-corrected chi connectivity index (χ1v) is 10.9. The van der Waals surface area contributed by atoms with Crippen molar-refractivity contribution in [2.24, 2.45) is 5.92 Å². The van der Waals surface area contributed by atoms with E-state index >= 15 is 0 Å². The first kappa shape index (κ1) is 18.4. The first-order chi connectivity index (χ1) is 11.9. The predicted molar refractivity (Wildman–Crippen MR) is 98.8 cm³/mol. The van der Waals surface area contributed by atoms with Crippen LogP contribution in [0.1, 0.15) is 55.8 Å². The lowest BCUT2D eigenvalue weighted by Crippen LogP contribution is -2.43. The second kappa shape index (κ2) is 7.46. The molecule has 0 unspecified atom stereocenters. The smallest absolute Gasteiger partial charge is 0.223 e. The van der Waals surface area contributed by atoms with Gasteiger partial charge in [-0.05, 0) is 62.6 Å². The zero-order valence-electron chi connectivity index (χ0n) is 15.1. The minimum absolute atomic E-state index is 0.0178. The Balaban J connectivity index is 1.56. The minimum atomic E-state index is -3.14. The highest BCUT2D eigenvalue weighted by atomic mass is 32.2. The number of hydrogen-bond donors (Lipinski definition) is 1. The fraction of sp³-hybridized carbons (Fsp3) is 0.632. The quantitative estimate of drug-likeness (QED) is 0.872. The summed E-state index contributed by atoms with van der Waals surface area (Å²) in [5.74, 6) is 0.0703. The molecular weight excluding hydrogens is 336 g/mol. The van der Waals surface area contributed by atoms with Crippen molar-refractivity contribution in [2.75, 3.05) is 18.8 Å². The molecule has 0 bridgehead atoms. The summed E-state index contributed by atoms with van der Waals surface area (Å²) in [7, 11) is -3.14. The molecule has 6 heteroatoms. The van der Waals surface area contributed by atoms with Gasteiger partial charge in [-0.3, -0.25) is 4.79 Å². The number of piperidine rings is 1. The largest absolute Gasteiger partial charge is 0.349 e. The van der Waals surface area contributed by atoms with Gasteiger partial charge in [0.15, 0.2) is 0 Å². The summed E-state index contributed by atoms with van der Waals surface area (Å²) in [6.07, 6.45) is 4.71. The summed E-state index contributed by atoms with van der Waals surface area (Å²) in [6, 6.07) is 6.51. The Morgan fingerprint density at radius 1 is 1.24 bits per heavy atom. The molecule has 1 N–H and O–H groups in total. The molecule has 1 heterocycles. The highest BCUT2D eigenvalue weighted by molar-refractivity contribution is 7.89. The van der Waals surface area contributed by atoms with Crippen LogP contribution >= 0.6 is 0 Å². The van der Waals surface area contributed by atoms with E-state index in [0.29, 0.717) is 25.9 Å². The Kier molecular flexibility index (Phi) is 5.49. The third kappa shape index (κ3) is 4.06. The number of amides is 1. The SMILES string of the molecule is CCS(=O)(=O)N1CCC(C(=O)N[C@H](C)c2ccc3c(c2)CCC3)CC1. The summed E-state index contributed by atoms with van der Waals surface area (Å²) in [6.45, 7) is 4.57. The van der Waals surface area contributed by atoms with Crippen LogP contribution in [0.2, 0.25) is 0 Å². The lowest BCUT2D eigenvalue weighted by atomic mass is 9.96. The summed E-state index contributed by atoms with van der Waals surface area (Å²) in [5.41, 5.74) is 4.00. The van der Waals surface area contributed by atoms with Gasteiger partial charge in [0.25, 0.3) is 0 Å². The molecule has 2 aliphatic rings. The van der Waals surface area contributed by atoms with Crippen LogP contribution in [0, 0.1) is 5.92 Å². The molecule has 1 aliphatic carbocycles. The maximum absolute atomic E-state index is 12.6. The van der Waals surface area contributed by atoms with Gasteiger partial charge in [-0.25, -0.2) is 12.7 Å². The number of hydrogen-bond acceptors (Lipinski definition) is 3. The van der Waals surface area contributed by atoms with Gasteiger partial charge in [0.2, 0.25) is 15.9 Å². The molecule has 5 nitrogen and oxygen atoms in total. The Morgan fingerprint density at radius 2 is 1.92 bits per heavy atom. The highest BCUT2D eigenvalue weighted by Gasteiger charge is 2.30. The Labute approximate surface area is 150 Å².